The summed E-state index contributed by atoms with van der Waals surface area (Å²) in [5, 5.41) is 13.8. The second-order valence-electron chi connectivity index (χ2n) is 6.71. The fourth-order valence-electron chi connectivity index (χ4n) is 3.52. The van der Waals surface area contributed by atoms with Crippen LogP contribution >= 0.6 is 11.3 Å². The lowest BCUT2D eigenvalue weighted by molar-refractivity contribution is 0.0623. The average molecular weight is 360 g/mol. The van der Waals surface area contributed by atoms with Crippen LogP contribution in [0.1, 0.15) is 34.2 Å². The third kappa shape index (κ3) is 3.91. The maximum atomic E-state index is 12.7. The van der Waals surface area contributed by atoms with Crippen LogP contribution in [0.4, 0.5) is 0 Å². The van der Waals surface area contributed by atoms with Gasteiger partial charge in [0.05, 0.1) is 12.2 Å². The second kappa shape index (κ2) is 7.63. The summed E-state index contributed by atoms with van der Waals surface area (Å²) in [5.41, 5.74) is 0.477. The van der Waals surface area contributed by atoms with E-state index in [1.165, 1.54) is 4.88 Å². The molecule has 8 heteroatoms. The van der Waals surface area contributed by atoms with Gasteiger partial charge in [0.1, 0.15) is 0 Å². The topological polar surface area (TPSA) is 66.3 Å². The highest BCUT2D eigenvalue weighted by Crippen LogP contribution is 2.18. The van der Waals surface area contributed by atoms with Crippen LogP contribution in [0.25, 0.3) is 0 Å². The highest BCUT2D eigenvalue weighted by Gasteiger charge is 2.25. The van der Waals surface area contributed by atoms with E-state index in [1.807, 2.05) is 15.8 Å². The van der Waals surface area contributed by atoms with Gasteiger partial charge >= 0.3 is 0 Å². The zero-order chi connectivity index (χ0) is 17.1. The van der Waals surface area contributed by atoms with E-state index in [2.05, 4.69) is 38.0 Å². The van der Waals surface area contributed by atoms with Crippen LogP contribution in [0, 0.1) is 0 Å². The Hall–Kier alpha value is -1.77. The molecule has 2 aromatic heterocycles. The van der Waals surface area contributed by atoms with Gasteiger partial charge in [0.2, 0.25) is 0 Å². The zero-order valence-electron chi connectivity index (χ0n) is 14.3. The van der Waals surface area contributed by atoms with Crippen molar-refractivity contribution in [3.63, 3.8) is 0 Å². The number of hydrogen-bond donors (Lipinski definition) is 1. The van der Waals surface area contributed by atoms with Gasteiger partial charge < -0.3 is 10.2 Å². The molecule has 0 aliphatic carbocycles. The Bertz CT molecular complexity index is 686. The van der Waals surface area contributed by atoms with Gasteiger partial charge in [-0.25, -0.2) is 4.68 Å². The number of nitrogens with zero attached hydrogens (tertiary/aromatic N) is 5. The Labute approximate surface area is 151 Å². The summed E-state index contributed by atoms with van der Waals surface area (Å²) >= 11 is 1.79. The Kier molecular flexibility index (Phi) is 5.09. The smallest absolute Gasteiger partial charge is 0.276 e. The third-order valence-corrected chi connectivity index (χ3v) is 5.89. The van der Waals surface area contributed by atoms with Crippen LogP contribution in [0.5, 0.6) is 0 Å². The first-order valence-corrected chi connectivity index (χ1v) is 9.84. The molecule has 0 unspecified atom stereocenters. The molecule has 2 aliphatic heterocycles. The molecular formula is C17H24N6OS. The highest BCUT2D eigenvalue weighted by atomic mass is 32.1. The number of piperazine rings is 1. The maximum absolute atomic E-state index is 12.7. The lowest BCUT2D eigenvalue weighted by Gasteiger charge is -2.34. The number of carbonyl (C=O) groups is 1. The Morgan fingerprint density at radius 3 is 2.76 bits per heavy atom. The summed E-state index contributed by atoms with van der Waals surface area (Å²) < 4.78 is 1.88. The number of piperidine rings is 1. The molecule has 0 atom stereocenters. The van der Waals surface area contributed by atoms with Crippen LogP contribution in [0.2, 0.25) is 0 Å². The molecule has 4 heterocycles. The Morgan fingerprint density at radius 1 is 1.24 bits per heavy atom. The molecule has 25 heavy (non-hydrogen) atoms. The van der Waals surface area contributed by atoms with E-state index in [1.54, 1.807) is 11.3 Å². The normalized spacial score (nSPS) is 20.1. The van der Waals surface area contributed by atoms with Gasteiger partial charge in [-0.15, -0.1) is 16.4 Å². The van der Waals surface area contributed by atoms with E-state index in [-0.39, 0.29) is 5.91 Å². The lowest BCUT2D eigenvalue weighted by atomic mass is 10.1. The van der Waals surface area contributed by atoms with Crippen LogP contribution in [0.3, 0.4) is 0 Å². The van der Waals surface area contributed by atoms with Crippen molar-refractivity contribution < 1.29 is 4.79 Å². The summed E-state index contributed by atoms with van der Waals surface area (Å²) in [5.74, 6) is 0.0101. The number of hydrogen-bond acceptors (Lipinski definition) is 6. The minimum atomic E-state index is 0.0101. The van der Waals surface area contributed by atoms with Gasteiger partial charge in [0.25, 0.3) is 5.91 Å². The van der Waals surface area contributed by atoms with Crippen LogP contribution in [-0.2, 0) is 6.54 Å². The first-order chi connectivity index (χ1) is 12.3. The predicted octanol–water partition coefficient (Wildman–Crippen LogP) is 1.22. The van der Waals surface area contributed by atoms with Gasteiger partial charge in [0, 0.05) is 37.6 Å². The summed E-state index contributed by atoms with van der Waals surface area (Å²) in [7, 11) is 0. The molecule has 4 rings (SSSR count). The molecule has 0 bridgehead atoms. The lowest BCUT2D eigenvalue weighted by Crippen LogP contribution is -2.48. The first kappa shape index (κ1) is 16.7. The second-order valence-corrected chi connectivity index (χ2v) is 7.74. The summed E-state index contributed by atoms with van der Waals surface area (Å²) in [4.78, 5) is 18.4. The van der Waals surface area contributed by atoms with Crippen molar-refractivity contribution in [2.75, 3.05) is 39.3 Å². The molecule has 0 radical (unpaired) electrons. The van der Waals surface area contributed by atoms with E-state index in [0.717, 1.165) is 58.7 Å². The molecule has 2 fully saturated rings. The van der Waals surface area contributed by atoms with Crippen molar-refractivity contribution in [2.45, 2.75) is 25.4 Å². The van der Waals surface area contributed by atoms with Gasteiger partial charge in [0.15, 0.2) is 5.69 Å². The van der Waals surface area contributed by atoms with Gasteiger partial charge in [-0.3, -0.25) is 9.69 Å². The standard InChI is InChI=1S/C17H24N6OS/c24-17(16-13-23(20-19-16)14-3-5-18-6-4-14)22-9-7-21(8-10-22)12-15-2-1-11-25-15/h1-2,11,13-14,18H,3-10,12H2. The van der Waals surface area contributed by atoms with Crippen LogP contribution in [-0.4, -0.2) is 70.0 Å². The molecule has 7 nitrogen and oxygen atoms in total. The molecule has 2 aliphatic rings. The molecule has 1 N–H and O–H groups in total. The number of thiophene rings is 1. The maximum Gasteiger partial charge on any atom is 0.276 e. The van der Waals surface area contributed by atoms with Crippen molar-refractivity contribution >= 4 is 17.2 Å². The largest absolute Gasteiger partial charge is 0.335 e. The fraction of sp³-hybridized carbons (Fsp3) is 0.588. The first-order valence-electron chi connectivity index (χ1n) is 8.96. The number of aromatic nitrogens is 3. The van der Waals surface area contributed by atoms with Gasteiger partial charge in [-0.05, 0) is 37.4 Å². The van der Waals surface area contributed by atoms with Crippen molar-refractivity contribution in [1.82, 2.24) is 30.1 Å². The van der Waals surface area contributed by atoms with Crippen molar-refractivity contribution in [1.29, 1.82) is 0 Å². The summed E-state index contributed by atoms with van der Waals surface area (Å²) in [6, 6.07) is 4.62. The van der Waals surface area contributed by atoms with E-state index in [9.17, 15) is 4.79 Å². The van der Waals surface area contributed by atoms with Gasteiger partial charge in [-0.1, -0.05) is 11.3 Å². The molecule has 2 aromatic rings. The molecule has 0 saturated carbocycles. The van der Waals surface area contributed by atoms with Crippen molar-refractivity contribution in [3.05, 3.63) is 34.3 Å². The quantitative estimate of drug-likeness (QED) is 0.888. The number of nitrogens with one attached hydrogen (secondary N) is 1. The van der Waals surface area contributed by atoms with Crippen molar-refractivity contribution in [3.8, 4) is 0 Å². The Morgan fingerprint density at radius 2 is 2.04 bits per heavy atom. The molecule has 134 valence electrons. The fourth-order valence-corrected chi connectivity index (χ4v) is 4.26. The zero-order valence-corrected chi connectivity index (χ0v) is 15.1. The van der Waals surface area contributed by atoms with E-state index in [4.69, 9.17) is 0 Å². The average Bonchev–Trinajstić information content (AvgIpc) is 3.34. The summed E-state index contributed by atoms with van der Waals surface area (Å²) in [6.45, 7) is 6.30. The number of rotatable bonds is 4. The van der Waals surface area contributed by atoms with Gasteiger partial charge in [-0.2, -0.15) is 0 Å². The minimum Gasteiger partial charge on any atom is -0.335 e. The van der Waals surface area contributed by atoms with Crippen molar-refractivity contribution in [2.24, 2.45) is 0 Å². The monoisotopic (exact) mass is 360 g/mol. The van der Waals surface area contributed by atoms with E-state index < -0.39 is 0 Å². The minimum absolute atomic E-state index is 0.0101. The number of amides is 1. The molecule has 2 saturated heterocycles. The molecular weight excluding hydrogens is 336 g/mol. The predicted molar refractivity (Wildman–Crippen MR) is 96.7 cm³/mol. The number of carbonyl (C=O) groups excluding carboxylic acids is 1. The Balaban J connectivity index is 1.32. The van der Waals surface area contributed by atoms with E-state index >= 15 is 0 Å². The molecule has 1 amide bonds. The SMILES string of the molecule is O=C(c1cn(C2CCNCC2)nn1)N1CCN(Cc2cccs2)CC1. The van der Waals surface area contributed by atoms with Crippen LogP contribution < -0.4 is 5.32 Å². The third-order valence-electron chi connectivity index (χ3n) is 5.03. The molecule has 0 spiro atoms. The highest BCUT2D eigenvalue weighted by molar-refractivity contribution is 7.09. The van der Waals surface area contributed by atoms with Crippen LogP contribution in [0.15, 0.2) is 23.7 Å². The van der Waals surface area contributed by atoms with E-state index in [0.29, 0.717) is 11.7 Å². The summed E-state index contributed by atoms with van der Waals surface area (Å²) in [6.07, 6.45) is 3.91. The molecule has 0 aromatic carbocycles.